The molecule has 0 spiro atoms. The first-order chi connectivity index (χ1) is 11.7. The Hall–Kier alpha value is -2.33. The molecule has 1 aliphatic carbocycles. The normalized spacial score (nSPS) is 17.4. The van der Waals surface area contributed by atoms with E-state index in [1.807, 2.05) is 41.3 Å². The van der Waals surface area contributed by atoms with Crippen LogP contribution in [0.4, 0.5) is 0 Å². The van der Waals surface area contributed by atoms with Crippen LogP contribution in [0.15, 0.2) is 42.6 Å². The molecular formula is C19H16ClN3O. The quantitative estimate of drug-likeness (QED) is 0.709. The standard InChI is InChI=1S/C19H16ClN3O/c20-13-4-1-3-12(11-13)16-17-15(5-2-8-21-17)23-10-9-22(14-6-7-14)19(24)18(16)23/h1-5,8,11,14H,6-7,9-10H2. The van der Waals surface area contributed by atoms with Gasteiger partial charge in [-0.15, -0.1) is 0 Å². The van der Waals surface area contributed by atoms with E-state index in [0.29, 0.717) is 11.1 Å². The van der Waals surface area contributed by atoms with Crippen LogP contribution in [0.1, 0.15) is 23.3 Å². The lowest BCUT2D eigenvalue weighted by molar-refractivity contribution is 0.0694. The lowest BCUT2D eigenvalue weighted by Gasteiger charge is -2.29. The summed E-state index contributed by atoms with van der Waals surface area (Å²) in [6.45, 7) is 1.60. The molecular weight excluding hydrogens is 322 g/mol. The molecule has 5 heteroatoms. The van der Waals surface area contributed by atoms with E-state index in [-0.39, 0.29) is 5.91 Å². The number of rotatable bonds is 2. The Bertz CT molecular complexity index is 974. The summed E-state index contributed by atoms with van der Waals surface area (Å²) in [5.74, 6) is 0.122. The summed E-state index contributed by atoms with van der Waals surface area (Å²) in [4.78, 5) is 19.8. The summed E-state index contributed by atoms with van der Waals surface area (Å²) in [5.41, 5.74) is 4.51. The Morgan fingerprint density at radius 1 is 1.12 bits per heavy atom. The van der Waals surface area contributed by atoms with Gasteiger partial charge >= 0.3 is 0 Å². The fourth-order valence-electron chi connectivity index (χ4n) is 3.73. The van der Waals surface area contributed by atoms with Gasteiger partial charge in [-0.1, -0.05) is 23.7 Å². The fourth-order valence-corrected chi connectivity index (χ4v) is 3.92. The van der Waals surface area contributed by atoms with Gasteiger partial charge in [0.1, 0.15) is 5.69 Å². The minimum atomic E-state index is 0.122. The van der Waals surface area contributed by atoms with Gasteiger partial charge in [0.05, 0.1) is 11.0 Å². The minimum absolute atomic E-state index is 0.122. The molecule has 0 unspecified atom stereocenters. The van der Waals surface area contributed by atoms with E-state index in [1.165, 1.54) is 0 Å². The first kappa shape index (κ1) is 14.1. The van der Waals surface area contributed by atoms with Crippen molar-refractivity contribution in [1.82, 2.24) is 14.5 Å². The molecule has 0 saturated heterocycles. The highest BCUT2D eigenvalue weighted by Gasteiger charge is 2.39. The summed E-state index contributed by atoms with van der Waals surface area (Å²) in [7, 11) is 0. The van der Waals surface area contributed by atoms with Crippen molar-refractivity contribution in [1.29, 1.82) is 0 Å². The number of carbonyl (C=O) groups is 1. The SMILES string of the molecule is O=C1c2c(-c3cccc(Cl)c3)c3ncccc3n2CCN1C1CC1. The molecule has 2 aromatic heterocycles. The Morgan fingerprint density at radius 3 is 2.79 bits per heavy atom. The molecule has 1 fully saturated rings. The molecule has 3 heterocycles. The van der Waals surface area contributed by atoms with Crippen LogP contribution in [-0.2, 0) is 6.54 Å². The average Bonchev–Trinajstić information content (AvgIpc) is 3.37. The van der Waals surface area contributed by atoms with Crippen LogP contribution in [0.3, 0.4) is 0 Å². The molecule has 2 aliphatic rings. The van der Waals surface area contributed by atoms with E-state index in [9.17, 15) is 4.79 Å². The summed E-state index contributed by atoms with van der Waals surface area (Å²) in [5, 5.41) is 0.666. The minimum Gasteiger partial charge on any atom is -0.333 e. The van der Waals surface area contributed by atoms with Crippen LogP contribution in [0.25, 0.3) is 22.2 Å². The number of aromatic nitrogens is 2. The lowest BCUT2D eigenvalue weighted by atomic mass is 10.0. The third-order valence-electron chi connectivity index (χ3n) is 4.95. The van der Waals surface area contributed by atoms with Crippen molar-refractivity contribution in [3.63, 3.8) is 0 Å². The molecule has 0 atom stereocenters. The number of hydrogen-bond acceptors (Lipinski definition) is 2. The second-order valence-corrected chi connectivity index (χ2v) is 6.92. The highest BCUT2D eigenvalue weighted by molar-refractivity contribution is 6.31. The summed E-state index contributed by atoms with van der Waals surface area (Å²) in [6, 6.07) is 12.1. The van der Waals surface area contributed by atoms with Gasteiger partial charge in [0.15, 0.2) is 0 Å². The van der Waals surface area contributed by atoms with Crippen molar-refractivity contribution >= 4 is 28.5 Å². The van der Waals surface area contributed by atoms with Gasteiger partial charge in [0.2, 0.25) is 0 Å². The number of carbonyl (C=O) groups excluding carboxylic acids is 1. The van der Waals surface area contributed by atoms with Crippen LogP contribution in [0, 0.1) is 0 Å². The number of amides is 1. The smallest absolute Gasteiger partial charge is 0.271 e. The van der Waals surface area contributed by atoms with Gasteiger partial charge in [0.25, 0.3) is 5.91 Å². The van der Waals surface area contributed by atoms with E-state index < -0.39 is 0 Å². The van der Waals surface area contributed by atoms with Crippen molar-refractivity contribution < 1.29 is 4.79 Å². The van der Waals surface area contributed by atoms with Crippen molar-refractivity contribution in [3.05, 3.63) is 53.3 Å². The predicted octanol–water partition coefficient (Wildman–Crippen LogP) is 3.97. The maximum Gasteiger partial charge on any atom is 0.271 e. The molecule has 5 rings (SSSR count). The first-order valence-electron chi connectivity index (χ1n) is 8.28. The molecule has 0 N–H and O–H groups in total. The zero-order valence-electron chi connectivity index (χ0n) is 13.1. The largest absolute Gasteiger partial charge is 0.333 e. The van der Waals surface area contributed by atoms with E-state index in [0.717, 1.165) is 53.8 Å². The molecule has 0 bridgehead atoms. The second kappa shape index (κ2) is 5.08. The molecule has 1 aliphatic heterocycles. The van der Waals surface area contributed by atoms with E-state index in [4.69, 9.17) is 11.6 Å². The Kier molecular flexibility index (Phi) is 2.98. The molecule has 3 aromatic rings. The number of nitrogens with zero attached hydrogens (tertiary/aromatic N) is 3. The number of hydrogen-bond donors (Lipinski definition) is 0. The van der Waals surface area contributed by atoms with Crippen molar-refractivity contribution in [3.8, 4) is 11.1 Å². The fraction of sp³-hybridized carbons (Fsp3) is 0.263. The third-order valence-corrected chi connectivity index (χ3v) is 5.18. The summed E-state index contributed by atoms with van der Waals surface area (Å²) >= 11 is 6.20. The first-order valence-corrected chi connectivity index (χ1v) is 8.66. The number of pyridine rings is 1. The topological polar surface area (TPSA) is 38.1 Å². The van der Waals surface area contributed by atoms with Crippen LogP contribution < -0.4 is 0 Å². The Morgan fingerprint density at radius 2 is 2.00 bits per heavy atom. The van der Waals surface area contributed by atoms with E-state index >= 15 is 0 Å². The van der Waals surface area contributed by atoms with Crippen LogP contribution in [0.2, 0.25) is 5.02 Å². The van der Waals surface area contributed by atoms with Gasteiger partial charge in [-0.05, 0) is 42.7 Å². The molecule has 1 aromatic carbocycles. The Balaban J connectivity index is 1.81. The third kappa shape index (κ3) is 1.99. The molecule has 120 valence electrons. The lowest BCUT2D eigenvalue weighted by Crippen LogP contribution is -2.41. The van der Waals surface area contributed by atoms with Crippen LogP contribution in [-0.4, -0.2) is 32.9 Å². The average molecular weight is 338 g/mol. The Labute approximate surface area is 144 Å². The number of benzene rings is 1. The van der Waals surface area contributed by atoms with Gasteiger partial charge in [-0.2, -0.15) is 0 Å². The van der Waals surface area contributed by atoms with E-state index in [1.54, 1.807) is 6.20 Å². The number of halogens is 1. The number of fused-ring (bicyclic) bond motifs is 3. The maximum atomic E-state index is 13.2. The second-order valence-electron chi connectivity index (χ2n) is 6.49. The zero-order valence-corrected chi connectivity index (χ0v) is 13.8. The van der Waals surface area contributed by atoms with E-state index in [2.05, 4.69) is 9.55 Å². The summed E-state index contributed by atoms with van der Waals surface area (Å²) < 4.78 is 2.12. The molecule has 4 nitrogen and oxygen atoms in total. The van der Waals surface area contributed by atoms with Crippen molar-refractivity contribution in [2.75, 3.05) is 6.54 Å². The molecule has 24 heavy (non-hydrogen) atoms. The van der Waals surface area contributed by atoms with Crippen molar-refractivity contribution in [2.45, 2.75) is 25.4 Å². The van der Waals surface area contributed by atoms with Crippen LogP contribution in [0.5, 0.6) is 0 Å². The van der Waals surface area contributed by atoms with Gasteiger partial charge in [-0.3, -0.25) is 9.78 Å². The van der Waals surface area contributed by atoms with Crippen molar-refractivity contribution in [2.24, 2.45) is 0 Å². The summed E-state index contributed by atoms with van der Waals surface area (Å²) in [6.07, 6.45) is 4.03. The molecule has 0 radical (unpaired) electrons. The zero-order chi connectivity index (χ0) is 16.3. The van der Waals surface area contributed by atoms with Gasteiger partial charge in [0, 0.05) is 35.9 Å². The molecule has 1 saturated carbocycles. The van der Waals surface area contributed by atoms with Gasteiger partial charge < -0.3 is 9.47 Å². The maximum absolute atomic E-state index is 13.2. The highest BCUT2D eigenvalue weighted by Crippen LogP contribution is 2.39. The van der Waals surface area contributed by atoms with Crippen LogP contribution >= 0.6 is 11.6 Å². The monoisotopic (exact) mass is 337 g/mol. The highest BCUT2D eigenvalue weighted by atomic mass is 35.5. The predicted molar refractivity (Wildman–Crippen MR) is 94.2 cm³/mol. The molecule has 1 amide bonds. The van der Waals surface area contributed by atoms with Gasteiger partial charge in [-0.25, -0.2) is 0 Å².